The first-order valence-electron chi connectivity index (χ1n) is 6.31. The zero-order chi connectivity index (χ0) is 14.5. The number of ether oxygens (including phenoxy) is 1. The van der Waals surface area contributed by atoms with E-state index in [1.54, 1.807) is 0 Å². The van der Waals surface area contributed by atoms with Gasteiger partial charge >= 0.3 is 7.60 Å². The van der Waals surface area contributed by atoms with Crippen molar-refractivity contribution in [3.8, 4) is 0 Å². The molecule has 0 N–H and O–H groups in total. The molecule has 0 aliphatic carbocycles. The van der Waals surface area contributed by atoms with Crippen molar-refractivity contribution in [3.05, 3.63) is 0 Å². The molecule has 0 spiro atoms. The van der Waals surface area contributed by atoms with Gasteiger partial charge in [-0.15, -0.1) is 0 Å². The van der Waals surface area contributed by atoms with Gasteiger partial charge in [-0.05, 0) is 32.1 Å². The van der Waals surface area contributed by atoms with Crippen LogP contribution in [0.25, 0.3) is 0 Å². The van der Waals surface area contributed by atoms with Crippen LogP contribution in [0.2, 0.25) is 0 Å². The summed E-state index contributed by atoms with van der Waals surface area (Å²) in [6.45, 7) is 5.85. The largest absolute Gasteiger partial charge is 0.381 e. The highest BCUT2D eigenvalue weighted by atomic mass is 127. The average Bonchev–Trinajstić information content (AvgIpc) is 2.76. The first-order valence-corrected chi connectivity index (χ1v) is 10.8. The third-order valence-electron chi connectivity index (χ3n) is 3.04. The molecule has 0 amide bonds. The van der Waals surface area contributed by atoms with Gasteiger partial charge in [0.05, 0.1) is 19.8 Å². The Morgan fingerprint density at radius 2 is 1.84 bits per heavy atom. The standard InChI is InChI=1S/C11H20Br2IO4P/c1-3-17-19(15,18-4-2)11(13,14)5-9-7-16-8-10(9)6-12/h9-10H,3-8H2,1-2H3. The number of halogens is 3. The van der Waals surface area contributed by atoms with Crippen LogP contribution in [0.4, 0.5) is 0 Å². The molecule has 0 aromatic rings. The maximum Gasteiger partial charge on any atom is 0.357 e. The second-order valence-electron chi connectivity index (χ2n) is 4.41. The first kappa shape index (κ1) is 18.8. The van der Waals surface area contributed by atoms with Crippen molar-refractivity contribution in [2.24, 2.45) is 11.8 Å². The maximum absolute atomic E-state index is 12.9. The monoisotopic (exact) mass is 532 g/mol. The van der Waals surface area contributed by atoms with E-state index in [0.717, 1.165) is 11.9 Å². The molecule has 1 heterocycles. The first-order chi connectivity index (χ1) is 8.90. The highest BCUT2D eigenvalue weighted by Crippen LogP contribution is 2.69. The van der Waals surface area contributed by atoms with E-state index < -0.39 is 9.67 Å². The van der Waals surface area contributed by atoms with Crippen molar-refractivity contribution in [1.82, 2.24) is 0 Å². The van der Waals surface area contributed by atoms with E-state index in [2.05, 4.69) is 54.5 Å². The summed E-state index contributed by atoms with van der Waals surface area (Å²) >= 11 is 9.23. The van der Waals surface area contributed by atoms with E-state index in [0.29, 0.717) is 38.1 Å². The van der Waals surface area contributed by atoms with Crippen molar-refractivity contribution >= 4 is 62.0 Å². The van der Waals surface area contributed by atoms with Gasteiger partial charge < -0.3 is 13.8 Å². The Kier molecular flexibility index (Phi) is 8.37. The van der Waals surface area contributed by atoms with Crippen molar-refractivity contribution in [2.45, 2.75) is 22.3 Å². The fourth-order valence-electron chi connectivity index (χ4n) is 2.03. The van der Waals surface area contributed by atoms with Crippen molar-refractivity contribution in [1.29, 1.82) is 0 Å². The van der Waals surface area contributed by atoms with Crippen LogP contribution in [-0.4, -0.2) is 33.8 Å². The Bertz CT molecular complexity index is 320. The lowest BCUT2D eigenvalue weighted by Gasteiger charge is -2.32. The number of alkyl halides is 3. The highest BCUT2D eigenvalue weighted by Gasteiger charge is 2.49. The third kappa shape index (κ3) is 4.89. The summed E-state index contributed by atoms with van der Waals surface area (Å²) in [4.78, 5) is 0. The van der Waals surface area contributed by atoms with Crippen LogP contribution in [0, 0.1) is 11.8 Å². The molecule has 19 heavy (non-hydrogen) atoms. The Labute approximate surface area is 145 Å². The molecule has 1 saturated heterocycles. The zero-order valence-corrected chi connectivity index (χ0v) is 17.3. The Hall–Kier alpha value is 1.80. The highest BCUT2D eigenvalue weighted by molar-refractivity contribution is 14.1. The van der Waals surface area contributed by atoms with Gasteiger partial charge in [0.1, 0.15) is 0 Å². The molecular formula is C11H20Br2IO4P. The molecule has 0 saturated carbocycles. The van der Waals surface area contributed by atoms with Crippen LogP contribution >= 0.6 is 62.0 Å². The average molecular weight is 534 g/mol. The van der Waals surface area contributed by atoms with Gasteiger partial charge in [-0.1, -0.05) is 54.5 Å². The lowest BCUT2D eigenvalue weighted by Crippen LogP contribution is -2.25. The summed E-state index contributed by atoms with van der Waals surface area (Å²) in [5, 5.41) is 0.894. The quantitative estimate of drug-likeness (QED) is 0.256. The van der Waals surface area contributed by atoms with Crippen molar-refractivity contribution < 1.29 is 18.3 Å². The van der Waals surface area contributed by atoms with E-state index >= 15 is 0 Å². The molecule has 8 heteroatoms. The topological polar surface area (TPSA) is 44.8 Å². The van der Waals surface area contributed by atoms with Gasteiger partial charge in [0, 0.05) is 11.9 Å². The summed E-state index contributed by atoms with van der Waals surface area (Å²) in [5.41, 5.74) is 0. The minimum absolute atomic E-state index is 0.352. The second-order valence-corrected chi connectivity index (χ2v) is 13.5. The van der Waals surface area contributed by atoms with Gasteiger partial charge in [0.15, 0.2) is 2.07 Å². The molecule has 1 fully saturated rings. The van der Waals surface area contributed by atoms with Gasteiger partial charge in [-0.2, -0.15) is 0 Å². The predicted molar refractivity (Wildman–Crippen MR) is 92.7 cm³/mol. The molecule has 0 radical (unpaired) electrons. The number of hydrogen-bond acceptors (Lipinski definition) is 4. The molecule has 0 aromatic heterocycles. The molecule has 3 atom stereocenters. The van der Waals surface area contributed by atoms with Gasteiger partial charge in [-0.3, -0.25) is 4.57 Å². The van der Waals surface area contributed by atoms with E-state index in [4.69, 9.17) is 13.8 Å². The Balaban J connectivity index is 2.79. The van der Waals surface area contributed by atoms with Gasteiger partial charge in [0.25, 0.3) is 0 Å². The van der Waals surface area contributed by atoms with Crippen LogP contribution in [-0.2, 0) is 18.3 Å². The molecular weight excluding hydrogens is 514 g/mol. The molecule has 1 rings (SSSR count). The van der Waals surface area contributed by atoms with Crippen LogP contribution in [0.1, 0.15) is 20.3 Å². The maximum atomic E-state index is 12.9. The summed E-state index contributed by atoms with van der Waals surface area (Å²) in [6, 6.07) is 0. The van der Waals surface area contributed by atoms with Crippen LogP contribution in [0.5, 0.6) is 0 Å². The molecule has 0 aromatic carbocycles. The lowest BCUT2D eigenvalue weighted by molar-refractivity contribution is 0.180. The summed E-state index contributed by atoms with van der Waals surface area (Å²) in [6.07, 6.45) is 0.696. The normalized spacial score (nSPS) is 27.4. The molecule has 0 bridgehead atoms. The van der Waals surface area contributed by atoms with Crippen molar-refractivity contribution in [2.75, 3.05) is 31.8 Å². The minimum atomic E-state index is -3.18. The van der Waals surface area contributed by atoms with Crippen LogP contribution in [0.15, 0.2) is 0 Å². The predicted octanol–water partition coefficient (Wildman–Crippen LogP) is 4.78. The van der Waals surface area contributed by atoms with E-state index in [-0.39, 0.29) is 0 Å². The zero-order valence-electron chi connectivity index (χ0n) is 11.1. The Morgan fingerprint density at radius 1 is 1.32 bits per heavy atom. The van der Waals surface area contributed by atoms with Crippen LogP contribution in [0.3, 0.4) is 0 Å². The van der Waals surface area contributed by atoms with E-state index in [1.807, 2.05) is 13.8 Å². The SMILES string of the molecule is CCOP(=O)(OCC)C(Br)(I)CC1COCC1CBr. The van der Waals surface area contributed by atoms with Gasteiger partial charge in [0.2, 0.25) is 0 Å². The molecule has 4 nitrogen and oxygen atoms in total. The second kappa shape index (κ2) is 8.44. The van der Waals surface area contributed by atoms with Crippen molar-refractivity contribution in [3.63, 3.8) is 0 Å². The Morgan fingerprint density at radius 3 is 2.32 bits per heavy atom. The molecule has 3 unspecified atom stereocenters. The molecule has 1 aliphatic rings. The summed E-state index contributed by atoms with van der Waals surface area (Å²) in [7, 11) is -3.18. The lowest BCUT2D eigenvalue weighted by atomic mass is 9.96. The van der Waals surface area contributed by atoms with Crippen LogP contribution < -0.4 is 0 Å². The fraction of sp³-hybridized carbons (Fsp3) is 1.00. The summed E-state index contributed by atoms with van der Waals surface area (Å²) in [5.74, 6) is 0.799. The summed E-state index contributed by atoms with van der Waals surface area (Å²) < 4.78 is 28.6. The smallest absolute Gasteiger partial charge is 0.357 e. The number of rotatable bonds is 8. The minimum Gasteiger partial charge on any atom is -0.381 e. The van der Waals surface area contributed by atoms with E-state index in [1.165, 1.54) is 0 Å². The molecule has 1 aliphatic heterocycles. The third-order valence-corrected chi connectivity index (χ3v) is 9.89. The number of hydrogen-bond donors (Lipinski definition) is 0. The van der Waals surface area contributed by atoms with Gasteiger partial charge in [-0.25, -0.2) is 0 Å². The molecule has 114 valence electrons. The van der Waals surface area contributed by atoms with E-state index in [9.17, 15) is 4.57 Å². The fourth-order valence-corrected chi connectivity index (χ4v) is 6.77.